The molecule has 0 amide bonds. The Morgan fingerprint density at radius 3 is 2.88 bits per heavy atom. The van der Waals surface area contributed by atoms with Crippen molar-refractivity contribution in [2.75, 3.05) is 18.5 Å². The van der Waals surface area contributed by atoms with E-state index < -0.39 is 0 Å². The highest BCUT2D eigenvalue weighted by Gasteiger charge is 2.08. The van der Waals surface area contributed by atoms with Crippen molar-refractivity contribution in [1.29, 1.82) is 0 Å². The summed E-state index contributed by atoms with van der Waals surface area (Å²) in [5.41, 5.74) is 7.10. The second kappa shape index (κ2) is 4.85. The van der Waals surface area contributed by atoms with Crippen LogP contribution in [0.3, 0.4) is 0 Å². The third-order valence-corrected chi connectivity index (χ3v) is 3.74. The molecular formula is C13H18N2S. The van der Waals surface area contributed by atoms with Gasteiger partial charge in [0.2, 0.25) is 0 Å². The average Bonchev–Trinajstić information content (AvgIpc) is 2.69. The predicted molar refractivity (Wildman–Crippen MR) is 73.4 cm³/mol. The van der Waals surface area contributed by atoms with Gasteiger partial charge in [0.25, 0.3) is 0 Å². The van der Waals surface area contributed by atoms with Gasteiger partial charge in [-0.15, -0.1) is 11.3 Å². The van der Waals surface area contributed by atoms with Gasteiger partial charge in [0.15, 0.2) is 0 Å². The number of anilines is 1. The van der Waals surface area contributed by atoms with Crippen molar-refractivity contribution >= 4 is 27.1 Å². The SMILES string of the molecule is CC(N)CCN(C)c1csc2ccccc12. The molecule has 1 aromatic carbocycles. The number of nitrogens with zero attached hydrogens (tertiary/aromatic N) is 1. The first-order chi connectivity index (χ1) is 7.68. The van der Waals surface area contributed by atoms with E-state index in [1.54, 1.807) is 11.3 Å². The molecule has 2 rings (SSSR count). The largest absolute Gasteiger partial charge is 0.373 e. The van der Waals surface area contributed by atoms with Gasteiger partial charge >= 0.3 is 0 Å². The maximum Gasteiger partial charge on any atom is 0.0552 e. The Labute approximate surface area is 101 Å². The van der Waals surface area contributed by atoms with E-state index in [0.29, 0.717) is 0 Å². The fourth-order valence-electron chi connectivity index (χ4n) is 1.78. The maximum atomic E-state index is 5.78. The van der Waals surface area contributed by atoms with Crippen molar-refractivity contribution in [2.45, 2.75) is 19.4 Å². The number of fused-ring (bicyclic) bond motifs is 1. The molecule has 86 valence electrons. The first-order valence-corrected chi connectivity index (χ1v) is 6.49. The normalized spacial score (nSPS) is 12.9. The Hall–Kier alpha value is -1.06. The molecular weight excluding hydrogens is 216 g/mol. The van der Waals surface area contributed by atoms with Crippen LogP contribution in [-0.2, 0) is 0 Å². The molecule has 0 aliphatic rings. The topological polar surface area (TPSA) is 29.3 Å². The van der Waals surface area contributed by atoms with Crippen molar-refractivity contribution in [3.63, 3.8) is 0 Å². The van der Waals surface area contributed by atoms with E-state index in [4.69, 9.17) is 5.73 Å². The summed E-state index contributed by atoms with van der Waals surface area (Å²) < 4.78 is 1.35. The number of rotatable bonds is 4. The molecule has 0 aliphatic heterocycles. The van der Waals surface area contributed by atoms with E-state index in [1.807, 2.05) is 0 Å². The minimum absolute atomic E-state index is 0.271. The van der Waals surface area contributed by atoms with E-state index in [2.05, 4.69) is 48.5 Å². The Morgan fingerprint density at radius 2 is 2.12 bits per heavy atom. The molecule has 2 aromatic rings. The predicted octanol–water partition coefficient (Wildman–Crippen LogP) is 3.07. The van der Waals surface area contributed by atoms with Crippen molar-refractivity contribution < 1.29 is 0 Å². The molecule has 0 saturated carbocycles. The quantitative estimate of drug-likeness (QED) is 0.881. The lowest BCUT2D eigenvalue weighted by molar-refractivity contribution is 0.660. The zero-order valence-electron chi connectivity index (χ0n) is 9.81. The van der Waals surface area contributed by atoms with E-state index in [-0.39, 0.29) is 6.04 Å². The van der Waals surface area contributed by atoms with Gasteiger partial charge in [0, 0.05) is 35.1 Å². The van der Waals surface area contributed by atoms with Gasteiger partial charge in [-0.1, -0.05) is 18.2 Å². The van der Waals surface area contributed by atoms with Crippen LogP contribution in [0.25, 0.3) is 10.1 Å². The van der Waals surface area contributed by atoms with Crippen LogP contribution in [-0.4, -0.2) is 19.6 Å². The minimum Gasteiger partial charge on any atom is -0.373 e. The summed E-state index contributed by atoms with van der Waals surface area (Å²) in [5.74, 6) is 0. The molecule has 0 spiro atoms. The summed E-state index contributed by atoms with van der Waals surface area (Å²) in [4.78, 5) is 2.29. The van der Waals surface area contributed by atoms with Gasteiger partial charge in [0.1, 0.15) is 0 Å². The molecule has 0 bridgehead atoms. The van der Waals surface area contributed by atoms with Crippen molar-refractivity contribution in [3.05, 3.63) is 29.6 Å². The molecule has 1 aromatic heterocycles. The van der Waals surface area contributed by atoms with E-state index in [0.717, 1.165) is 13.0 Å². The van der Waals surface area contributed by atoms with Gasteiger partial charge in [0.05, 0.1) is 5.69 Å². The third kappa shape index (κ3) is 2.36. The summed E-state index contributed by atoms with van der Waals surface area (Å²) >= 11 is 1.80. The zero-order chi connectivity index (χ0) is 11.5. The summed E-state index contributed by atoms with van der Waals surface area (Å²) in [6, 6.07) is 8.81. The van der Waals surface area contributed by atoms with Crippen molar-refractivity contribution in [1.82, 2.24) is 0 Å². The Kier molecular flexibility index (Phi) is 3.46. The second-order valence-electron chi connectivity index (χ2n) is 4.30. The minimum atomic E-state index is 0.271. The summed E-state index contributed by atoms with van der Waals surface area (Å²) in [7, 11) is 2.14. The molecule has 0 fully saturated rings. The molecule has 2 nitrogen and oxygen atoms in total. The Balaban J connectivity index is 2.19. The molecule has 3 heteroatoms. The van der Waals surface area contributed by atoms with Crippen LogP contribution in [0.4, 0.5) is 5.69 Å². The number of nitrogens with two attached hydrogens (primary N) is 1. The van der Waals surface area contributed by atoms with Crippen LogP contribution in [0.2, 0.25) is 0 Å². The second-order valence-corrected chi connectivity index (χ2v) is 5.22. The highest BCUT2D eigenvalue weighted by atomic mass is 32.1. The van der Waals surface area contributed by atoms with Crippen LogP contribution in [0.1, 0.15) is 13.3 Å². The smallest absolute Gasteiger partial charge is 0.0552 e. The first-order valence-electron chi connectivity index (χ1n) is 5.61. The summed E-state index contributed by atoms with van der Waals surface area (Å²) in [5, 5.41) is 3.57. The van der Waals surface area contributed by atoms with Gasteiger partial charge in [-0.2, -0.15) is 0 Å². The number of hydrogen-bond acceptors (Lipinski definition) is 3. The van der Waals surface area contributed by atoms with Gasteiger partial charge in [-0.25, -0.2) is 0 Å². The fourth-order valence-corrected chi connectivity index (χ4v) is 2.78. The highest BCUT2D eigenvalue weighted by Crippen LogP contribution is 2.32. The monoisotopic (exact) mass is 234 g/mol. The van der Waals surface area contributed by atoms with E-state index in [9.17, 15) is 0 Å². The van der Waals surface area contributed by atoms with E-state index >= 15 is 0 Å². The van der Waals surface area contributed by atoms with Gasteiger partial charge in [-0.3, -0.25) is 0 Å². The molecule has 0 aliphatic carbocycles. The molecule has 1 unspecified atom stereocenters. The van der Waals surface area contributed by atoms with Crippen LogP contribution in [0.5, 0.6) is 0 Å². The molecule has 1 atom stereocenters. The first kappa shape index (κ1) is 11.4. The van der Waals surface area contributed by atoms with Crippen LogP contribution in [0, 0.1) is 0 Å². The summed E-state index contributed by atoms with van der Waals surface area (Å²) in [6.07, 6.45) is 1.03. The summed E-state index contributed by atoms with van der Waals surface area (Å²) in [6.45, 7) is 3.07. The van der Waals surface area contributed by atoms with Crippen LogP contribution < -0.4 is 10.6 Å². The number of benzene rings is 1. The molecule has 1 heterocycles. The molecule has 0 radical (unpaired) electrons. The molecule has 2 N–H and O–H groups in total. The van der Waals surface area contributed by atoms with Crippen molar-refractivity contribution in [3.8, 4) is 0 Å². The lowest BCUT2D eigenvalue weighted by Gasteiger charge is -2.19. The Morgan fingerprint density at radius 1 is 1.38 bits per heavy atom. The fraction of sp³-hybridized carbons (Fsp3) is 0.385. The number of thiophene rings is 1. The number of hydrogen-bond donors (Lipinski definition) is 1. The third-order valence-electron chi connectivity index (χ3n) is 2.79. The standard InChI is InChI=1S/C13H18N2S/c1-10(14)7-8-15(2)12-9-16-13-6-4-3-5-11(12)13/h3-6,9-10H,7-8,14H2,1-2H3. The van der Waals surface area contributed by atoms with Gasteiger partial charge < -0.3 is 10.6 Å². The molecule has 0 saturated heterocycles. The highest BCUT2D eigenvalue weighted by molar-refractivity contribution is 7.17. The van der Waals surface area contributed by atoms with Gasteiger partial charge in [-0.05, 0) is 19.4 Å². The molecule has 16 heavy (non-hydrogen) atoms. The zero-order valence-corrected chi connectivity index (χ0v) is 10.6. The van der Waals surface area contributed by atoms with Crippen LogP contribution >= 0.6 is 11.3 Å². The average molecular weight is 234 g/mol. The van der Waals surface area contributed by atoms with Crippen molar-refractivity contribution in [2.24, 2.45) is 5.73 Å². The lowest BCUT2D eigenvalue weighted by Crippen LogP contribution is -2.25. The van der Waals surface area contributed by atoms with Crippen LogP contribution in [0.15, 0.2) is 29.6 Å². The Bertz CT molecular complexity index is 462. The maximum absolute atomic E-state index is 5.78. The van der Waals surface area contributed by atoms with E-state index in [1.165, 1.54) is 15.8 Å². The lowest BCUT2D eigenvalue weighted by atomic mass is 10.2.